The lowest BCUT2D eigenvalue weighted by atomic mass is 10.1. The van der Waals surface area contributed by atoms with Gasteiger partial charge in [-0.3, -0.25) is 0 Å². The van der Waals surface area contributed by atoms with Crippen molar-refractivity contribution >= 4 is 15.9 Å². The zero-order chi connectivity index (χ0) is 12.0. The number of rotatable bonds is 3. The molecule has 0 saturated heterocycles. The molecule has 0 aliphatic carbocycles. The maximum absolute atomic E-state index is 13.3. The molecule has 0 fully saturated rings. The minimum absolute atomic E-state index is 0.122. The van der Waals surface area contributed by atoms with Gasteiger partial charge in [0.1, 0.15) is 0 Å². The first-order valence-electron chi connectivity index (χ1n) is 5.29. The van der Waals surface area contributed by atoms with Crippen LogP contribution < -0.4 is 0 Å². The quantitative estimate of drug-likeness (QED) is 0.431. The van der Waals surface area contributed by atoms with Crippen molar-refractivity contribution < 1.29 is 8.78 Å². The van der Waals surface area contributed by atoms with E-state index in [1.807, 2.05) is 0 Å². The van der Waals surface area contributed by atoms with Gasteiger partial charge in [0, 0.05) is 6.42 Å². The Kier molecular flexibility index (Phi) is 5.48. The van der Waals surface area contributed by atoms with Crippen LogP contribution in [-0.4, -0.2) is 0 Å². The molecular formula is C13H13BrF2. The van der Waals surface area contributed by atoms with Crippen LogP contribution in [0.5, 0.6) is 0 Å². The lowest BCUT2D eigenvalue weighted by Gasteiger charge is -1.98. The third-order valence-electron chi connectivity index (χ3n) is 2.16. The number of unbranched alkanes of at least 4 members (excludes halogenated alkanes) is 3. The molecule has 3 heteroatoms. The second-order valence-corrected chi connectivity index (χ2v) is 4.34. The van der Waals surface area contributed by atoms with E-state index in [1.54, 1.807) is 0 Å². The van der Waals surface area contributed by atoms with Gasteiger partial charge in [0.15, 0.2) is 11.6 Å². The SMILES string of the molecule is CCCCCC#Cc1ccc(Br)c(F)c1F. The molecule has 0 aliphatic rings. The van der Waals surface area contributed by atoms with Crippen molar-refractivity contribution in [1.29, 1.82) is 0 Å². The van der Waals surface area contributed by atoms with Crippen LogP contribution in [0, 0.1) is 23.5 Å². The van der Waals surface area contributed by atoms with Gasteiger partial charge in [-0.1, -0.05) is 31.6 Å². The van der Waals surface area contributed by atoms with Crippen molar-refractivity contribution in [3.05, 3.63) is 33.8 Å². The lowest BCUT2D eigenvalue weighted by Crippen LogP contribution is -1.90. The number of benzene rings is 1. The minimum atomic E-state index is -0.877. The van der Waals surface area contributed by atoms with Crippen molar-refractivity contribution in [1.82, 2.24) is 0 Å². The largest absolute Gasteiger partial charge is 0.202 e. The van der Waals surface area contributed by atoms with E-state index in [9.17, 15) is 8.78 Å². The van der Waals surface area contributed by atoms with Gasteiger partial charge in [-0.25, -0.2) is 8.78 Å². The summed E-state index contributed by atoms with van der Waals surface area (Å²) < 4.78 is 26.6. The van der Waals surface area contributed by atoms with E-state index in [2.05, 4.69) is 34.7 Å². The highest BCUT2D eigenvalue weighted by molar-refractivity contribution is 9.10. The molecule has 1 rings (SSSR count). The Morgan fingerprint density at radius 3 is 2.62 bits per heavy atom. The molecule has 0 unspecified atom stereocenters. The molecule has 0 saturated carbocycles. The first-order valence-corrected chi connectivity index (χ1v) is 6.08. The molecule has 16 heavy (non-hydrogen) atoms. The van der Waals surface area contributed by atoms with E-state index in [4.69, 9.17) is 0 Å². The topological polar surface area (TPSA) is 0 Å². The minimum Gasteiger partial charge on any atom is -0.202 e. The summed E-state index contributed by atoms with van der Waals surface area (Å²) >= 11 is 2.92. The summed E-state index contributed by atoms with van der Waals surface area (Å²) in [4.78, 5) is 0. The van der Waals surface area contributed by atoms with Gasteiger partial charge in [-0.2, -0.15) is 0 Å². The van der Waals surface area contributed by atoms with E-state index in [-0.39, 0.29) is 10.0 Å². The summed E-state index contributed by atoms with van der Waals surface area (Å²) in [5, 5.41) is 0. The average molecular weight is 287 g/mol. The fourth-order valence-electron chi connectivity index (χ4n) is 1.24. The fourth-order valence-corrected chi connectivity index (χ4v) is 1.55. The second kappa shape index (κ2) is 6.65. The molecular weight excluding hydrogens is 274 g/mol. The summed E-state index contributed by atoms with van der Waals surface area (Å²) in [6, 6.07) is 2.95. The van der Waals surface area contributed by atoms with E-state index in [0.717, 1.165) is 25.7 Å². The Balaban J connectivity index is 2.70. The van der Waals surface area contributed by atoms with Crippen LogP contribution in [0.1, 0.15) is 38.2 Å². The van der Waals surface area contributed by atoms with Crippen LogP contribution in [0.3, 0.4) is 0 Å². The van der Waals surface area contributed by atoms with Gasteiger partial charge in [-0.15, -0.1) is 0 Å². The Morgan fingerprint density at radius 2 is 1.94 bits per heavy atom. The molecule has 0 aliphatic heterocycles. The Bertz CT molecular complexity index is 416. The Morgan fingerprint density at radius 1 is 1.19 bits per heavy atom. The number of hydrogen-bond donors (Lipinski definition) is 0. The van der Waals surface area contributed by atoms with Crippen molar-refractivity contribution in [2.45, 2.75) is 32.6 Å². The summed E-state index contributed by atoms with van der Waals surface area (Å²) in [5.74, 6) is 3.75. The predicted octanol–water partition coefficient (Wildman–Crippen LogP) is 4.66. The van der Waals surface area contributed by atoms with Crippen LogP contribution >= 0.6 is 15.9 Å². The molecule has 0 bridgehead atoms. The molecule has 1 aromatic carbocycles. The van der Waals surface area contributed by atoms with E-state index >= 15 is 0 Å². The summed E-state index contributed by atoms with van der Waals surface area (Å²) in [7, 11) is 0. The maximum atomic E-state index is 13.3. The summed E-state index contributed by atoms with van der Waals surface area (Å²) in [6.45, 7) is 2.11. The van der Waals surface area contributed by atoms with Gasteiger partial charge < -0.3 is 0 Å². The number of halogens is 3. The van der Waals surface area contributed by atoms with Crippen molar-refractivity contribution in [2.24, 2.45) is 0 Å². The molecule has 86 valence electrons. The molecule has 0 nitrogen and oxygen atoms in total. The van der Waals surface area contributed by atoms with Gasteiger partial charge in [0.2, 0.25) is 0 Å². The highest BCUT2D eigenvalue weighted by Crippen LogP contribution is 2.20. The summed E-state index contributed by atoms with van der Waals surface area (Å²) in [5.41, 5.74) is 0.122. The maximum Gasteiger partial charge on any atom is 0.175 e. The zero-order valence-electron chi connectivity index (χ0n) is 9.12. The van der Waals surface area contributed by atoms with Gasteiger partial charge in [0.05, 0.1) is 10.0 Å². The third-order valence-corrected chi connectivity index (χ3v) is 2.78. The highest BCUT2D eigenvalue weighted by atomic mass is 79.9. The Labute approximate surface area is 103 Å². The average Bonchev–Trinajstić information content (AvgIpc) is 2.28. The third kappa shape index (κ3) is 3.61. The number of hydrogen-bond acceptors (Lipinski definition) is 0. The van der Waals surface area contributed by atoms with Gasteiger partial charge in [-0.05, 0) is 34.5 Å². The van der Waals surface area contributed by atoms with Crippen LogP contribution in [0.15, 0.2) is 16.6 Å². The Hall–Kier alpha value is -0.880. The molecule has 1 aromatic rings. The fraction of sp³-hybridized carbons (Fsp3) is 0.385. The van der Waals surface area contributed by atoms with Crippen LogP contribution in [-0.2, 0) is 0 Å². The van der Waals surface area contributed by atoms with Crippen LogP contribution in [0.4, 0.5) is 8.78 Å². The standard InChI is InChI=1S/C13H13BrF2/c1-2-3-4-5-6-7-10-8-9-11(14)13(16)12(10)15/h8-9H,2-5H2,1H3. The summed E-state index contributed by atoms with van der Waals surface area (Å²) in [6.07, 6.45) is 3.98. The molecule has 0 atom stereocenters. The molecule has 0 aromatic heterocycles. The monoisotopic (exact) mass is 286 g/mol. The molecule has 0 spiro atoms. The highest BCUT2D eigenvalue weighted by Gasteiger charge is 2.09. The molecule has 0 N–H and O–H groups in total. The first-order chi connectivity index (χ1) is 7.66. The van der Waals surface area contributed by atoms with Gasteiger partial charge >= 0.3 is 0 Å². The first kappa shape index (κ1) is 13.2. The van der Waals surface area contributed by atoms with E-state index in [0.29, 0.717) is 0 Å². The molecule has 0 radical (unpaired) electrons. The van der Waals surface area contributed by atoms with Crippen LogP contribution in [0.2, 0.25) is 0 Å². The molecule has 0 amide bonds. The van der Waals surface area contributed by atoms with Crippen molar-refractivity contribution in [3.8, 4) is 11.8 Å². The predicted molar refractivity (Wildman–Crippen MR) is 65.1 cm³/mol. The second-order valence-electron chi connectivity index (χ2n) is 3.48. The van der Waals surface area contributed by atoms with Gasteiger partial charge in [0.25, 0.3) is 0 Å². The van der Waals surface area contributed by atoms with Crippen molar-refractivity contribution in [2.75, 3.05) is 0 Å². The smallest absolute Gasteiger partial charge is 0.175 e. The molecule has 0 heterocycles. The lowest BCUT2D eigenvalue weighted by molar-refractivity contribution is 0.502. The van der Waals surface area contributed by atoms with Crippen molar-refractivity contribution in [3.63, 3.8) is 0 Å². The zero-order valence-corrected chi connectivity index (χ0v) is 10.7. The van der Waals surface area contributed by atoms with Crippen LogP contribution in [0.25, 0.3) is 0 Å². The van der Waals surface area contributed by atoms with E-state index < -0.39 is 11.6 Å². The van der Waals surface area contributed by atoms with E-state index in [1.165, 1.54) is 12.1 Å². The normalized spacial score (nSPS) is 9.75.